The standard InChI is InChI=1S/C16H20O/c1-5-11-9-10-14(17)15-12(11)7-6-8-13(15)16(2,3)4/h6-10,17H,5H2,1-4H3. The third-order valence-corrected chi connectivity index (χ3v) is 3.30. The van der Waals surface area contributed by atoms with E-state index in [-0.39, 0.29) is 5.41 Å². The van der Waals surface area contributed by atoms with Gasteiger partial charge in [0.1, 0.15) is 5.75 Å². The molecular formula is C16H20O. The highest BCUT2D eigenvalue weighted by atomic mass is 16.3. The Morgan fingerprint density at radius 2 is 1.76 bits per heavy atom. The van der Waals surface area contributed by atoms with Gasteiger partial charge in [0.2, 0.25) is 0 Å². The molecular weight excluding hydrogens is 208 g/mol. The minimum atomic E-state index is 0.0450. The molecule has 2 aromatic carbocycles. The fourth-order valence-corrected chi connectivity index (χ4v) is 2.38. The molecule has 0 aliphatic rings. The molecule has 0 atom stereocenters. The Morgan fingerprint density at radius 3 is 2.35 bits per heavy atom. The van der Waals surface area contributed by atoms with Crippen LogP contribution in [0.1, 0.15) is 38.8 Å². The van der Waals surface area contributed by atoms with Gasteiger partial charge < -0.3 is 5.11 Å². The van der Waals surface area contributed by atoms with Crippen molar-refractivity contribution in [1.82, 2.24) is 0 Å². The van der Waals surface area contributed by atoms with Crippen LogP contribution in [0.15, 0.2) is 30.3 Å². The molecule has 0 heterocycles. The number of phenolic OH excluding ortho intramolecular Hbond substituents is 1. The molecule has 0 spiro atoms. The molecule has 17 heavy (non-hydrogen) atoms. The molecule has 0 unspecified atom stereocenters. The Bertz CT molecular complexity index is 547. The van der Waals surface area contributed by atoms with E-state index < -0.39 is 0 Å². The van der Waals surface area contributed by atoms with Gasteiger partial charge in [-0.15, -0.1) is 0 Å². The Morgan fingerprint density at radius 1 is 1.06 bits per heavy atom. The average Bonchev–Trinajstić information content (AvgIpc) is 2.28. The van der Waals surface area contributed by atoms with Crippen LogP contribution in [0.3, 0.4) is 0 Å². The summed E-state index contributed by atoms with van der Waals surface area (Å²) in [5, 5.41) is 12.3. The van der Waals surface area contributed by atoms with Gasteiger partial charge in [-0.05, 0) is 34.4 Å². The smallest absolute Gasteiger partial charge is 0.123 e. The van der Waals surface area contributed by atoms with Gasteiger partial charge in [-0.1, -0.05) is 52.0 Å². The number of rotatable bonds is 1. The lowest BCUT2D eigenvalue weighted by Crippen LogP contribution is -2.11. The lowest BCUT2D eigenvalue weighted by Gasteiger charge is -2.22. The first-order chi connectivity index (χ1) is 7.95. The van der Waals surface area contributed by atoms with Gasteiger partial charge in [-0.3, -0.25) is 0 Å². The van der Waals surface area contributed by atoms with Crippen molar-refractivity contribution in [2.75, 3.05) is 0 Å². The predicted molar refractivity (Wildman–Crippen MR) is 73.7 cm³/mol. The lowest BCUT2D eigenvalue weighted by atomic mass is 9.82. The van der Waals surface area contributed by atoms with E-state index in [1.807, 2.05) is 12.1 Å². The molecule has 0 bridgehead atoms. The first-order valence-corrected chi connectivity index (χ1v) is 6.19. The van der Waals surface area contributed by atoms with Crippen molar-refractivity contribution in [2.45, 2.75) is 39.5 Å². The molecule has 0 aliphatic heterocycles. The molecule has 0 fully saturated rings. The van der Waals surface area contributed by atoms with Crippen molar-refractivity contribution in [3.8, 4) is 5.75 Å². The Kier molecular flexibility index (Phi) is 2.86. The van der Waals surface area contributed by atoms with E-state index in [0.29, 0.717) is 5.75 Å². The average molecular weight is 228 g/mol. The zero-order valence-corrected chi connectivity index (χ0v) is 11.0. The van der Waals surface area contributed by atoms with Crippen LogP contribution in [-0.2, 0) is 11.8 Å². The Labute approximate surface area is 103 Å². The molecule has 2 aromatic rings. The molecule has 0 radical (unpaired) electrons. The zero-order valence-electron chi connectivity index (χ0n) is 11.0. The molecule has 1 heteroatoms. The minimum Gasteiger partial charge on any atom is -0.507 e. The Hall–Kier alpha value is -1.50. The summed E-state index contributed by atoms with van der Waals surface area (Å²) >= 11 is 0. The van der Waals surface area contributed by atoms with Crippen molar-refractivity contribution < 1.29 is 5.11 Å². The maximum Gasteiger partial charge on any atom is 0.123 e. The van der Waals surface area contributed by atoms with Crippen LogP contribution in [-0.4, -0.2) is 5.11 Å². The third kappa shape index (κ3) is 2.02. The van der Waals surface area contributed by atoms with Crippen LogP contribution in [0.2, 0.25) is 0 Å². The number of benzene rings is 2. The molecule has 1 nitrogen and oxygen atoms in total. The van der Waals surface area contributed by atoms with Crippen LogP contribution < -0.4 is 0 Å². The molecule has 0 aromatic heterocycles. The van der Waals surface area contributed by atoms with Gasteiger partial charge in [-0.2, -0.15) is 0 Å². The highest BCUT2D eigenvalue weighted by Crippen LogP contribution is 2.36. The second-order valence-electron chi connectivity index (χ2n) is 5.58. The summed E-state index contributed by atoms with van der Waals surface area (Å²) in [4.78, 5) is 0. The summed E-state index contributed by atoms with van der Waals surface area (Å²) in [5.74, 6) is 0.391. The number of hydrogen-bond donors (Lipinski definition) is 1. The molecule has 0 aliphatic carbocycles. The van der Waals surface area contributed by atoms with Crippen LogP contribution in [0.25, 0.3) is 10.8 Å². The predicted octanol–water partition coefficient (Wildman–Crippen LogP) is 4.41. The second-order valence-corrected chi connectivity index (χ2v) is 5.58. The molecule has 0 saturated heterocycles. The first kappa shape index (κ1) is 12.0. The van der Waals surface area contributed by atoms with Crippen molar-refractivity contribution in [3.05, 3.63) is 41.5 Å². The van der Waals surface area contributed by atoms with E-state index in [0.717, 1.165) is 11.8 Å². The van der Waals surface area contributed by atoms with Crippen molar-refractivity contribution in [2.24, 2.45) is 0 Å². The normalized spacial score (nSPS) is 12.0. The maximum atomic E-state index is 10.1. The fraction of sp³-hybridized carbons (Fsp3) is 0.375. The largest absolute Gasteiger partial charge is 0.507 e. The van der Waals surface area contributed by atoms with E-state index in [4.69, 9.17) is 0 Å². The van der Waals surface area contributed by atoms with Gasteiger partial charge in [-0.25, -0.2) is 0 Å². The number of fused-ring (bicyclic) bond motifs is 1. The number of aryl methyl sites for hydroxylation is 1. The first-order valence-electron chi connectivity index (χ1n) is 6.19. The van der Waals surface area contributed by atoms with E-state index in [9.17, 15) is 5.11 Å². The van der Waals surface area contributed by atoms with Gasteiger partial charge in [0, 0.05) is 5.39 Å². The number of phenols is 1. The van der Waals surface area contributed by atoms with Crippen molar-refractivity contribution in [1.29, 1.82) is 0 Å². The summed E-state index contributed by atoms with van der Waals surface area (Å²) in [6, 6.07) is 10.1. The number of hydrogen-bond acceptors (Lipinski definition) is 1. The topological polar surface area (TPSA) is 20.2 Å². The number of aromatic hydroxyl groups is 1. The van der Waals surface area contributed by atoms with Gasteiger partial charge >= 0.3 is 0 Å². The van der Waals surface area contributed by atoms with E-state index in [1.165, 1.54) is 16.5 Å². The highest BCUT2D eigenvalue weighted by molar-refractivity contribution is 5.94. The summed E-state index contributed by atoms with van der Waals surface area (Å²) in [6.07, 6.45) is 0.990. The van der Waals surface area contributed by atoms with Crippen LogP contribution in [0.5, 0.6) is 5.75 Å². The monoisotopic (exact) mass is 228 g/mol. The van der Waals surface area contributed by atoms with E-state index in [1.54, 1.807) is 0 Å². The van der Waals surface area contributed by atoms with Crippen LogP contribution >= 0.6 is 0 Å². The van der Waals surface area contributed by atoms with Crippen LogP contribution in [0.4, 0.5) is 0 Å². The van der Waals surface area contributed by atoms with Gasteiger partial charge in [0.25, 0.3) is 0 Å². The molecule has 1 N–H and O–H groups in total. The van der Waals surface area contributed by atoms with E-state index >= 15 is 0 Å². The molecule has 2 rings (SSSR count). The van der Waals surface area contributed by atoms with Gasteiger partial charge in [0.05, 0.1) is 0 Å². The SMILES string of the molecule is CCc1ccc(O)c2c(C(C)(C)C)cccc12. The van der Waals surface area contributed by atoms with E-state index in [2.05, 4.69) is 45.9 Å². The lowest BCUT2D eigenvalue weighted by molar-refractivity contribution is 0.479. The van der Waals surface area contributed by atoms with Crippen molar-refractivity contribution in [3.63, 3.8) is 0 Å². The maximum absolute atomic E-state index is 10.1. The molecule has 90 valence electrons. The summed E-state index contributed by atoms with van der Waals surface area (Å²) < 4.78 is 0. The quantitative estimate of drug-likeness (QED) is 0.766. The van der Waals surface area contributed by atoms with Crippen LogP contribution in [0, 0.1) is 0 Å². The highest BCUT2D eigenvalue weighted by Gasteiger charge is 2.19. The summed E-state index contributed by atoms with van der Waals surface area (Å²) in [7, 11) is 0. The second kappa shape index (κ2) is 4.06. The summed E-state index contributed by atoms with van der Waals surface area (Å²) in [6.45, 7) is 8.69. The minimum absolute atomic E-state index is 0.0450. The summed E-state index contributed by atoms with van der Waals surface area (Å²) in [5.41, 5.74) is 2.55. The van der Waals surface area contributed by atoms with Gasteiger partial charge in [0.15, 0.2) is 0 Å². The third-order valence-electron chi connectivity index (χ3n) is 3.30. The Balaban J connectivity index is 2.89. The molecule has 0 saturated carbocycles. The molecule has 0 amide bonds. The fourth-order valence-electron chi connectivity index (χ4n) is 2.38. The zero-order chi connectivity index (χ0) is 12.6. The van der Waals surface area contributed by atoms with Crippen molar-refractivity contribution >= 4 is 10.8 Å².